The van der Waals surface area contributed by atoms with Gasteiger partial charge >= 0.3 is 0 Å². The molecule has 0 saturated heterocycles. The van der Waals surface area contributed by atoms with Gasteiger partial charge in [0.1, 0.15) is 5.82 Å². The predicted molar refractivity (Wildman–Crippen MR) is 75.8 cm³/mol. The van der Waals surface area contributed by atoms with Crippen molar-refractivity contribution in [3.63, 3.8) is 0 Å². The van der Waals surface area contributed by atoms with Crippen molar-refractivity contribution in [3.05, 3.63) is 64.9 Å². The Bertz CT molecular complexity index is 730. The van der Waals surface area contributed by atoms with Crippen molar-refractivity contribution in [1.82, 2.24) is 4.83 Å². The van der Waals surface area contributed by atoms with E-state index in [1.54, 1.807) is 6.07 Å². The number of rotatable bonds is 4. The molecule has 0 fully saturated rings. The zero-order valence-electron chi connectivity index (χ0n) is 10.1. The molecule has 4 nitrogen and oxygen atoms in total. The Labute approximate surface area is 120 Å². The zero-order chi connectivity index (χ0) is 14.6. The molecule has 7 heteroatoms. The topological polar surface area (TPSA) is 58.5 Å². The molecule has 0 aliphatic carbocycles. The molecule has 0 radical (unpaired) electrons. The van der Waals surface area contributed by atoms with Crippen LogP contribution >= 0.6 is 11.6 Å². The van der Waals surface area contributed by atoms with E-state index in [1.165, 1.54) is 48.7 Å². The first-order valence-electron chi connectivity index (χ1n) is 5.53. The second-order valence-electron chi connectivity index (χ2n) is 3.86. The van der Waals surface area contributed by atoms with Gasteiger partial charge in [-0.3, -0.25) is 0 Å². The monoisotopic (exact) mass is 312 g/mol. The summed E-state index contributed by atoms with van der Waals surface area (Å²) >= 11 is 5.68. The van der Waals surface area contributed by atoms with Crippen molar-refractivity contribution in [2.24, 2.45) is 5.10 Å². The van der Waals surface area contributed by atoms with E-state index in [0.717, 1.165) is 0 Å². The average molecular weight is 313 g/mol. The minimum absolute atomic E-state index is 0.0401. The Morgan fingerprint density at radius 2 is 1.85 bits per heavy atom. The van der Waals surface area contributed by atoms with Crippen molar-refractivity contribution >= 4 is 27.8 Å². The highest BCUT2D eigenvalue weighted by molar-refractivity contribution is 7.89. The molecule has 0 atom stereocenters. The lowest BCUT2D eigenvalue weighted by atomic mass is 10.2. The highest BCUT2D eigenvalue weighted by Crippen LogP contribution is 2.13. The Balaban J connectivity index is 2.11. The number of hydrogen-bond donors (Lipinski definition) is 1. The summed E-state index contributed by atoms with van der Waals surface area (Å²) in [6.45, 7) is 0. The Kier molecular flexibility index (Phi) is 4.36. The SMILES string of the molecule is O=S(=O)(N/N=C/c1cccc(F)c1)c1ccc(Cl)cc1. The lowest BCUT2D eigenvalue weighted by molar-refractivity contribution is 0.584. The summed E-state index contributed by atoms with van der Waals surface area (Å²) in [6.07, 6.45) is 1.22. The van der Waals surface area contributed by atoms with E-state index in [0.29, 0.717) is 10.6 Å². The fourth-order valence-electron chi connectivity index (χ4n) is 1.42. The van der Waals surface area contributed by atoms with Crippen LogP contribution in [-0.2, 0) is 10.0 Å². The number of nitrogens with zero attached hydrogens (tertiary/aromatic N) is 1. The molecular weight excluding hydrogens is 303 g/mol. The van der Waals surface area contributed by atoms with Crippen LogP contribution in [0.5, 0.6) is 0 Å². The first-order valence-corrected chi connectivity index (χ1v) is 7.39. The van der Waals surface area contributed by atoms with E-state index >= 15 is 0 Å². The highest BCUT2D eigenvalue weighted by atomic mass is 35.5. The third kappa shape index (κ3) is 3.79. The molecule has 0 heterocycles. The first kappa shape index (κ1) is 14.5. The minimum atomic E-state index is -3.76. The van der Waals surface area contributed by atoms with Gasteiger partial charge < -0.3 is 0 Å². The second kappa shape index (κ2) is 6.02. The van der Waals surface area contributed by atoms with Crippen LogP contribution in [0.3, 0.4) is 0 Å². The first-order chi connectivity index (χ1) is 9.47. The summed E-state index contributed by atoms with van der Waals surface area (Å²) in [5.41, 5.74) is 0.448. The molecule has 0 saturated carbocycles. The van der Waals surface area contributed by atoms with E-state index < -0.39 is 15.8 Å². The summed E-state index contributed by atoms with van der Waals surface area (Å²) in [6, 6.07) is 11.3. The Hall–Kier alpha value is -1.92. The van der Waals surface area contributed by atoms with Gasteiger partial charge in [-0.05, 0) is 42.0 Å². The molecular formula is C13H10ClFN2O2S. The van der Waals surface area contributed by atoms with Gasteiger partial charge in [-0.1, -0.05) is 23.7 Å². The number of nitrogens with one attached hydrogen (secondary N) is 1. The van der Waals surface area contributed by atoms with Crippen molar-refractivity contribution in [2.75, 3.05) is 0 Å². The van der Waals surface area contributed by atoms with E-state index in [4.69, 9.17) is 11.6 Å². The minimum Gasteiger partial charge on any atom is -0.207 e. The normalized spacial score (nSPS) is 11.7. The molecule has 0 unspecified atom stereocenters. The van der Waals surface area contributed by atoms with E-state index in [1.807, 2.05) is 4.83 Å². The molecule has 0 aliphatic rings. The van der Waals surface area contributed by atoms with Gasteiger partial charge in [-0.25, -0.2) is 9.22 Å². The lowest BCUT2D eigenvalue weighted by Crippen LogP contribution is -2.18. The number of hydrogen-bond acceptors (Lipinski definition) is 3. The summed E-state index contributed by atoms with van der Waals surface area (Å²) < 4.78 is 36.6. The largest absolute Gasteiger partial charge is 0.276 e. The molecule has 104 valence electrons. The van der Waals surface area contributed by atoms with E-state index in [2.05, 4.69) is 5.10 Å². The molecule has 2 aromatic rings. The number of benzene rings is 2. The molecule has 1 N–H and O–H groups in total. The zero-order valence-corrected chi connectivity index (χ0v) is 11.7. The van der Waals surface area contributed by atoms with Crippen LogP contribution in [0.25, 0.3) is 0 Å². The average Bonchev–Trinajstić information content (AvgIpc) is 2.39. The fourth-order valence-corrected chi connectivity index (χ4v) is 2.34. The second-order valence-corrected chi connectivity index (χ2v) is 5.96. The third-order valence-corrected chi connectivity index (χ3v) is 3.85. The van der Waals surface area contributed by atoms with Gasteiger partial charge in [0.05, 0.1) is 11.1 Å². The summed E-state index contributed by atoms with van der Waals surface area (Å²) in [5, 5.41) is 4.03. The van der Waals surface area contributed by atoms with Crippen LogP contribution in [0.2, 0.25) is 5.02 Å². The molecule has 0 bridgehead atoms. The fraction of sp³-hybridized carbons (Fsp3) is 0. The van der Waals surface area contributed by atoms with E-state index in [-0.39, 0.29) is 4.90 Å². The molecule has 20 heavy (non-hydrogen) atoms. The molecule has 0 spiro atoms. The molecule has 2 aromatic carbocycles. The number of hydrazone groups is 1. The Morgan fingerprint density at radius 1 is 1.15 bits per heavy atom. The van der Waals surface area contributed by atoms with Crippen LogP contribution in [0.1, 0.15) is 5.56 Å². The maximum absolute atomic E-state index is 12.9. The van der Waals surface area contributed by atoms with Gasteiger partial charge in [-0.2, -0.15) is 13.5 Å². The van der Waals surface area contributed by atoms with E-state index in [9.17, 15) is 12.8 Å². The number of sulfonamides is 1. The Morgan fingerprint density at radius 3 is 2.50 bits per heavy atom. The lowest BCUT2D eigenvalue weighted by Gasteiger charge is -2.03. The highest BCUT2D eigenvalue weighted by Gasteiger charge is 2.11. The standard InChI is InChI=1S/C13H10ClFN2O2S/c14-11-4-6-13(7-5-11)20(18,19)17-16-9-10-2-1-3-12(15)8-10/h1-9,17H/b16-9+. The van der Waals surface area contributed by atoms with Crippen LogP contribution in [0.4, 0.5) is 4.39 Å². The van der Waals surface area contributed by atoms with Crippen molar-refractivity contribution in [3.8, 4) is 0 Å². The number of halogens is 2. The summed E-state index contributed by atoms with van der Waals surface area (Å²) in [7, 11) is -3.76. The van der Waals surface area contributed by atoms with Crippen LogP contribution < -0.4 is 4.83 Å². The van der Waals surface area contributed by atoms with Crippen molar-refractivity contribution in [1.29, 1.82) is 0 Å². The molecule has 2 rings (SSSR count). The maximum Gasteiger partial charge on any atom is 0.276 e. The van der Waals surface area contributed by atoms with Gasteiger partial charge in [0.25, 0.3) is 10.0 Å². The van der Waals surface area contributed by atoms with Gasteiger partial charge in [0.15, 0.2) is 0 Å². The summed E-state index contributed by atoms with van der Waals surface area (Å²) in [5.74, 6) is -0.422. The smallest absolute Gasteiger partial charge is 0.207 e. The third-order valence-electron chi connectivity index (χ3n) is 2.36. The van der Waals surface area contributed by atoms with Gasteiger partial charge in [0.2, 0.25) is 0 Å². The maximum atomic E-state index is 12.9. The van der Waals surface area contributed by atoms with Gasteiger partial charge in [-0.15, -0.1) is 0 Å². The van der Waals surface area contributed by atoms with Crippen LogP contribution in [-0.4, -0.2) is 14.6 Å². The van der Waals surface area contributed by atoms with Crippen LogP contribution in [0.15, 0.2) is 58.5 Å². The van der Waals surface area contributed by atoms with Gasteiger partial charge in [0, 0.05) is 5.02 Å². The van der Waals surface area contributed by atoms with Crippen molar-refractivity contribution in [2.45, 2.75) is 4.90 Å². The summed E-state index contributed by atoms with van der Waals surface area (Å²) in [4.78, 5) is 2.08. The molecule has 0 amide bonds. The predicted octanol–water partition coefficient (Wildman–Crippen LogP) is 2.79. The molecule has 0 aromatic heterocycles. The quantitative estimate of drug-likeness (QED) is 0.697. The van der Waals surface area contributed by atoms with Crippen molar-refractivity contribution < 1.29 is 12.8 Å². The molecule has 0 aliphatic heterocycles. The van der Waals surface area contributed by atoms with Crippen LogP contribution in [0, 0.1) is 5.82 Å².